The lowest BCUT2D eigenvalue weighted by molar-refractivity contribution is 0.0585. The van der Waals surface area contributed by atoms with Gasteiger partial charge in [0.1, 0.15) is 11.5 Å². The van der Waals surface area contributed by atoms with Crippen LogP contribution in [0.25, 0.3) is 11.5 Å². The molecule has 5 nitrogen and oxygen atoms in total. The van der Waals surface area contributed by atoms with E-state index in [1.165, 1.54) is 5.56 Å². The van der Waals surface area contributed by atoms with Crippen LogP contribution in [0.1, 0.15) is 51.3 Å². The lowest BCUT2D eigenvalue weighted by atomic mass is 9.95. The van der Waals surface area contributed by atoms with E-state index >= 15 is 0 Å². The SMILES string of the molecule is CC(C)CCC(C)(O)CNc1nc(-c2ccccn2)nc2c1CCC2. The first-order valence-corrected chi connectivity index (χ1v) is 9.22. The van der Waals surface area contributed by atoms with E-state index in [1.807, 2.05) is 25.1 Å². The minimum Gasteiger partial charge on any atom is -0.388 e. The molecule has 0 bridgehead atoms. The molecule has 1 atom stereocenters. The Labute approximate surface area is 150 Å². The van der Waals surface area contributed by atoms with Crippen LogP contribution in [0.3, 0.4) is 0 Å². The second-order valence-corrected chi connectivity index (χ2v) is 7.67. The summed E-state index contributed by atoms with van der Waals surface area (Å²) in [5.74, 6) is 2.10. The standard InChI is InChI=1S/C20H28N4O/c1-14(2)10-11-20(3,25)13-22-18-15-7-6-9-16(15)23-19(24-18)17-8-4-5-12-21-17/h4-5,8,12,14,25H,6-7,9-11,13H2,1-3H3,(H,22,23,24). The molecule has 5 heteroatoms. The number of nitrogens with one attached hydrogen (secondary N) is 1. The molecule has 0 radical (unpaired) electrons. The fraction of sp³-hybridized carbons (Fsp3) is 0.550. The molecule has 134 valence electrons. The van der Waals surface area contributed by atoms with E-state index < -0.39 is 5.60 Å². The third-order valence-corrected chi connectivity index (χ3v) is 4.72. The monoisotopic (exact) mass is 340 g/mol. The molecule has 1 aliphatic rings. The number of anilines is 1. The van der Waals surface area contributed by atoms with Gasteiger partial charge in [-0.3, -0.25) is 4.98 Å². The Morgan fingerprint density at radius 3 is 2.80 bits per heavy atom. The van der Waals surface area contributed by atoms with Gasteiger partial charge in [0, 0.05) is 24.0 Å². The lowest BCUT2D eigenvalue weighted by Gasteiger charge is -2.25. The smallest absolute Gasteiger partial charge is 0.180 e. The molecule has 0 aromatic carbocycles. The Bertz CT molecular complexity index is 713. The number of aliphatic hydroxyl groups is 1. The van der Waals surface area contributed by atoms with Crippen molar-refractivity contribution in [3.05, 3.63) is 35.7 Å². The molecule has 2 aromatic rings. The highest BCUT2D eigenvalue weighted by Crippen LogP contribution is 2.29. The normalized spacial score (nSPS) is 15.9. The van der Waals surface area contributed by atoms with Crippen LogP contribution < -0.4 is 5.32 Å². The van der Waals surface area contributed by atoms with Gasteiger partial charge in [-0.1, -0.05) is 19.9 Å². The molecule has 0 amide bonds. The van der Waals surface area contributed by atoms with Gasteiger partial charge in [-0.15, -0.1) is 0 Å². The number of hydrogen-bond donors (Lipinski definition) is 2. The van der Waals surface area contributed by atoms with Crippen molar-refractivity contribution in [2.45, 2.75) is 58.5 Å². The van der Waals surface area contributed by atoms with E-state index in [0.717, 1.165) is 49.3 Å². The second-order valence-electron chi connectivity index (χ2n) is 7.67. The molecule has 25 heavy (non-hydrogen) atoms. The Hall–Kier alpha value is -2.01. The first-order chi connectivity index (χ1) is 11.9. The highest BCUT2D eigenvalue weighted by atomic mass is 16.3. The lowest BCUT2D eigenvalue weighted by Crippen LogP contribution is -2.34. The molecule has 0 saturated heterocycles. The van der Waals surface area contributed by atoms with Crippen molar-refractivity contribution in [2.24, 2.45) is 5.92 Å². The predicted octanol–water partition coefficient (Wildman–Crippen LogP) is 3.63. The summed E-state index contributed by atoms with van der Waals surface area (Å²) in [5.41, 5.74) is 2.34. The van der Waals surface area contributed by atoms with Gasteiger partial charge in [0.2, 0.25) is 0 Å². The number of aryl methyl sites for hydroxylation is 1. The van der Waals surface area contributed by atoms with Crippen LogP contribution in [0, 0.1) is 5.92 Å². The Morgan fingerprint density at radius 1 is 1.24 bits per heavy atom. The zero-order chi connectivity index (χ0) is 17.9. The summed E-state index contributed by atoms with van der Waals surface area (Å²) in [6, 6.07) is 5.77. The van der Waals surface area contributed by atoms with Crippen LogP contribution in [-0.2, 0) is 12.8 Å². The summed E-state index contributed by atoms with van der Waals surface area (Å²) in [6.07, 6.45) is 6.63. The van der Waals surface area contributed by atoms with Crippen LogP contribution >= 0.6 is 0 Å². The molecular weight excluding hydrogens is 312 g/mol. The van der Waals surface area contributed by atoms with E-state index in [2.05, 4.69) is 24.1 Å². The molecule has 3 rings (SSSR count). The summed E-state index contributed by atoms with van der Waals surface area (Å²) in [7, 11) is 0. The summed E-state index contributed by atoms with van der Waals surface area (Å²) >= 11 is 0. The highest BCUT2D eigenvalue weighted by molar-refractivity contribution is 5.57. The van der Waals surface area contributed by atoms with Crippen molar-refractivity contribution < 1.29 is 5.11 Å². The van der Waals surface area contributed by atoms with Crippen molar-refractivity contribution in [3.8, 4) is 11.5 Å². The minimum absolute atomic E-state index is 0.491. The number of aromatic nitrogens is 3. The molecular formula is C20H28N4O. The second kappa shape index (κ2) is 7.48. The van der Waals surface area contributed by atoms with Crippen molar-refractivity contribution in [2.75, 3.05) is 11.9 Å². The van der Waals surface area contributed by atoms with Crippen LogP contribution in [0.2, 0.25) is 0 Å². The molecule has 0 fully saturated rings. The van der Waals surface area contributed by atoms with Crippen LogP contribution in [-0.4, -0.2) is 32.2 Å². The first kappa shape index (κ1) is 17.8. The molecule has 0 saturated carbocycles. The maximum atomic E-state index is 10.6. The van der Waals surface area contributed by atoms with Crippen LogP contribution in [0.15, 0.2) is 24.4 Å². The van der Waals surface area contributed by atoms with Gasteiger partial charge in [0.15, 0.2) is 5.82 Å². The van der Waals surface area contributed by atoms with Crippen molar-refractivity contribution in [1.82, 2.24) is 15.0 Å². The Morgan fingerprint density at radius 2 is 2.08 bits per heavy atom. The molecule has 2 aromatic heterocycles. The fourth-order valence-corrected chi connectivity index (χ4v) is 3.15. The summed E-state index contributed by atoms with van der Waals surface area (Å²) in [6.45, 7) is 6.74. The number of nitrogens with zero attached hydrogens (tertiary/aromatic N) is 3. The van der Waals surface area contributed by atoms with Crippen LogP contribution in [0.4, 0.5) is 5.82 Å². The third-order valence-electron chi connectivity index (χ3n) is 4.72. The number of hydrogen-bond acceptors (Lipinski definition) is 5. The van der Waals surface area contributed by atoms with E-state index in [0.29, 0.717) is 18.3 Å². The molecule has 1 unspecified atom stereocenters. The van der Waals surface area contributed by atoms with Gasteiger partial charge in [-0.05, 0) is 57.1 Å². The molecule has 2 heterocycles. The van der Waals surface area contributed by atoms with Crippen molar-refractivity contribution in [3.63, 3.8) is 0 Å². The van der Waals surface area contributed by atoms with Crippen LogP contribution in [0.5, 0.6) is 0 Å². The average molecular weight is 340 g/mol. The van der Waals surface area contributed by atoms with Gasteiger partial charge >= 0.3 is 0 Å². The zero-order valence-electron chi connectivity index (χ0n) is 15.4. The van der Waals surface area contributed by atoms with E-state index in [9.17, 15) is 5.11 Å². The average Bonchev–Trinajstić information content (AvgIpc) is 3.07. The van der Waals surface area contributed by atoms with Crippen molar-refractivity contribution in [1.29, 1.82) is 0 Å². The maximum absolute atomic E-state index is 10.6. The highest BCUT2D eigenvalue weighted by Gasteiger charge is 2.24. The predicted molar refractivity (Wildman–Crippen MR) is 100 cm³/mol. The van der Waals surface area contributed by atoms with Gasteiger partial charge < -0.3 is 10.4 Å². The number of pyridine rings is 1. The Kier molecular flexibility index (Phi) is 5.33. The van der Waals surface area contributed by atoms with E-state index in [-0.39, 0.29) is 0 Å². The molecule has 1 aliphatic carbocycles. The number of fused-ring (bicyclic) bond motifs is 1. The quantitative estimate of drug-likeness (QED) is 0.805. The van der Waals surface area contributed by atoms with E-state index in [4.69, 9.17) is 9.97 Å². The van der Waals surface area contributed by atoms with Gasteiger partial charge in [0.25, 0.3) is 0 Å². The summed E-state index contributed by atoms with van der Waals surface area (Å²) in [4.78, 5) is 13.8. The van der Waals surface area contributed by atoms with Gasteiger partial charge in [-0.25, -0.2) is 9.97 Å². The molecule has 0 spiro atoms. The van der Waals surface area contributed by atoms with E-state index in [1.54, 1.807) is 6.20 Å². The topological polar surface area (TPSA) is 70.9 Å². The van der Waals surface area contributed by atoms with Gasteiger partial charge in [-0.2, -0.15) is 0 Å². The number of rotatable bonds is 7. The molecule has 0 aliphatic heterocycles. The summed E-state index contributed by atoms with van der Waals surface area (Å²) < 4.78 is 0. The molecule has 2 N–H and O–H groups in total. The largest absolute Gasteiger partial charge is 0.388 e. The zero-order valence-corrected chi connectivity index (χ0v) is 15.4. The third kappa shape index (κ3) is 4.54. The maximum Gasteiger partial charge on any atom is 0.180 e. The fourth-order valence-electron chi connectivity index (χ4n) is 3.15. The Balaban J connectivity index is 1.80. The summed E-state index contributed by atoms with van der Waals surface area (Å²) in [5, 5.41) is 14.0. The minimum atomic E-state index is -0.744. The van der Waals surface area contributed by atoms with Crippen molar-refractivity contribution >= 4 is 5.82 Å². The first-order valence-electron chi connectivity index (χ1n) is 9.22. The van der Waals surface area contributed by atoms with Gasteiger partial charge in [0.05, 0.1) is 5.60 Å².